The van der Waals surface area contributed by atoms with Crippen molar-refractivity contribution in [2.75, 3.05) is 14.2 Å². The van der Waals surface area contributed by atoms with Gasteiger partial charge in [0.15, 0.2) is 11.5 Å². The van der Waals surface area contributed by atoms with Crippen LogP contribution in [0.4, 0.5) is 0 Å². The SMILES string of the molecule is CC[C@H](C)Oc1c(Cl)cc(/C=N\NC(=O)c2ccccc2OC)cc1OC. The Balaban J connectivity index is 2.15. The van der Waals surface area contributed by atoms with Crippen LogP contribution in [0.25, 0.3) is 0 Å². The summed E-state index contributed by atoms with van der Waals surface area (Å²) in [6.07, 6.45) is 2.34. The zero-order valence-electron chi connectivity index (χ0n) is 15.8. The molecular weight excluding hydrogens is 368 g/mol. The van der Waals surface area contributed by atoms with E-state index in [1.807, 2.05) is 13.8 Å². The van der Waals surface area contributed by atoms with Gasteiger partial charge in [-0.25, -0.2) is 5.43 Å². The third-order valence-corrected chi connectivity index (χ3v) is 4.16. The van der Waals surface area contributed by atoms with Gasteiger partial charge in [-0.2, -0.15) is 5.10 Å². The molecule has 2 aromatic carbocycles. The van der Waals surface area contributed by atoms with E-state index >= 15 is 0 Å². The van der Waals surface area contributed by atoms with Gasteiger partial charge in [-0.1, -0.05) is 30.7 Å². The maximum atomic E-state index is 12.2. The second-order valence-corrected chi connectivity index (χ2v) is 6.18. The lowest BCUT2D eigenvalue weighted by Crippen LogP contribution is -2.18. The number of nitrogens with one attached hydrogen (secondary N) is 1. The van der Waals surface area contributed by atoms with Crippen molar-refractivity contribution in [3.63, 3.8) is 0 Å². The van der Waals surface area contributed by atoms with E-state index in [4.69, 9.17) is 25.8 Å². The zero-order chi connectivity index (χ0) is 19.8. The number of amides is 1. The number of rotatable bonds is 8. The van der Waals surface area contributed by atoms with Crippen molar-refractivity contribution in [2.45, 2.75) is 26.4 Å². The van der Waals surface area contributed by atoms with Crippen molar-refractivity contribution < 1.29 is 19.0 Å². The van der Waals surface area contributed by atoms with Crippen LogP contribution in [0.2, 0.25) is 5.02 Å². The van der Waals surface area contributed by atoms with Crippen LogP contribution in [0.5, 0.6) is 17.2 Å². The lowest BCUT2D eigenvalue weighted by atomic mass is 10.2. The number of hydrogen-bond acceptors (Lipinski definition) is 5. The number of benzene rings is 2. The molecule has 0 aliphatic heterocycles. The minimum Gasteiger partial charge on any atom is -0.496 e. The fraction of sp³-hybridized carbons (Fsp3) is 0.300. The Morgan fingerprint density at radius 1 is 1.22 bits per heavy atom. The molecule has 1 N–H and O–H groups in total. The van der Waals surface area contributed by atoms with Gasteiger partial charge in [0.2, 0.25) is 0 Å². The van der Waals surface area contributed by atoms with Gasteiger partial charge in [-0.3, -0.25) is 4.79 Å². The maximum Gasteiger partial charge on any atom is 0.275 e. The largest absolute Gasteiger partial charge is 0.496 e. The molecule has 0 aromatic heterocycles. The molecule has 0 radical (unpaired) electrons. The molecule has 0 heterocycles. The summed E-state index contributed by atoms with van der Waals surface area (Å²) >= 11 is 6.32. The van der Waals surface area contributed by atoms with E-state index in [2.05, 4.69) is 10.5 Å². The fourth-order valence-corrected chi connectivity index (χ4v) is 2.53. The summed E-state index contributed by atoms with van der Waals surface area (Å²) < 4.78 is 16.3. The summed E-state index contributed by atoms with van der Waals surface area (Å²) in [6, 6.07) is 10.3. The van der Waals surface area contributed by atoms with Crippen molar-refractivity contribution in [3.05, 3.63) is 52.5 Å². The van der Waals surface area contributed by atoms with Gasteiger partial charge < -0.3 is 14.2 Å². The molecule has 27 heavy (non-hydrogen) atoms. The summed E-state index contributed by atoms with van der Waals surface area (Å²) in [4.78, 5) is 12.2. The quantitative estimate of drug-likeness (QED) is 0.539. The minimum atomic E-state index is -0.376. The van der Waals surface area contributed by atoms with Gasteiger partial charge in [0.05, 0.1) is 37.1 Å². The topological polar surface area (TPSA) is 69.2 Å². The van der Waals surface area contributed by atoms with Gasteiger partial charge in [0, 0.05) is 0 Å². The predicted molar refractivity (Wildman–Crippen MR) is 106 cm³/mol. The molecule has 0 aliphatic rings. The average molecular weight is 391 g/mol. The Kier molecular flexibility index (Phi) is 7.49. The highest BCUT2D eigenvalue weighted by Crippen LogP contribution is 2.37. The standard InChI is InChI=1S/C20H23ClN2O4/c1-5-13(2)27-19-16(21)10-14(11-18(19)26-4)12-22-23-20(24)15-8-6-7-9-17(15)25-3/h6-13H,5H2,1-4H3,(H,23,24)/b22-12-/t13-/m0/s1. The number of halogens is 1. The molecule has 0 saturated heterocycles. The number of carbonyl (C=O) groups excluding carboxylic acids is 1. The van der Waals surface area contributed by atoms with Crippen LogP contribution in [0.1, 0.15) is 36.2 Å². The Morgan fingerprint density at radius 2 is 1.93 bits per heavy atom. The van der Waals surface area contributed by atoms with Crippen molar-refractivity contribution in [1.82, 2.24) is 5.43 Å². The minimum absolute atomic E-state index is 0.0102. The smallest absolute Gasteiger partial charge is 0.275 e. The molecule has 1 atom stereocenters. The first-order chi connectivity index (χ1) is 13.0. The normalized spacial score (nSPS) is 11.9. The summed E-state index contributed by atoms with van der Waals surface area (Å²) in [6.45, 7) is 3.98. The van der Waals surface area contributed by atoms with Gasteiger partial charge >= 0.3 is 0 Å². The van der Waals surface area contributed by atoms with Crippen LogP contribution >= 0.6 is 11.6 Å². The third kappa shape index (κ3) is 5.37. The monoisotopic (exact) mass is 390 g/mol. The number of ether oxygens (including phenoxy) is 3. The third-order valence-electron chi connectivity index (χ3n) is 3.88. The molecule has 1 amide bonds. The van der Waals surface area contributed by atoms with E-state index in [9.17, 15) is 4.79 Å². The molecule has 0 unspecified atom stereocenters. The number of hydrazone groups is 1. The second-order valence-electron chi connectivity index (χ2n) is 5.77. The van der Waals surface area contributed by atoms with Gasteiger partial charge in [0.1, 0.15) is 5.75 Å². The van der Waals surface area contributed by atoms with Crippen LogP contribution in [-0.4, -0.2) is 32.4 Å². The van der Waals surface area contributed by atoms with Crippen molar-refractivity contribution in [1.29, 1.82) is 0 Å². The Labute approximate surface area is 164 Å². The second kappa shape index (κ2) is 9.83. The molecule has 0 saturated carbocycles. The Hall–Kier alpha value is -2.73. The zero-order valence-corrected chi connectivity index (χ0v) is 16.5. The number of hydrogen-bond donors (Lipinski definition) is 1. The first-order valence-electron chi connectivity index (χ1n) is 8.50. The van der Waals surface area contributed by atoms with Crippen LogP contribution in [0.15, 0.2) is 41.5 Å². The lowest BCUT2D eigenvalue weighted by molar-refractivity contribution is 0.0952. The van der Waals surface area contributed by atoms with E-state index in [-0.39, 0.29) is 12.0 Å². The summed E-state index contributed by atoms with van der Waals surface area (Å²) in [7, 11) is 3.05. The van der Waals surface area contributed by atoms with Gasteiger partial charge in [-0.15, -0.1) is 0 Å². The van der Waals surface area contributed by atoms with E-state index in [1.54, 1.807) is 43.5 Å². The van der Waals surface area contributed by atoms with E-state index in [1.165, 1.54) is 13.3 Å². The molecule has 7 heteroatoms. The van der Waals surface area contributed by atoms with Crippen molar-refractivity contribution in [3.8, 4) is 17.2 Å². The molecule has 6 nitrogen and oxygen atoms in total. The van der Waals surface area contributed by atoms with Gasteiger partial charge in [-0.05, 0) is 43.2 Å². The van der Waals surface area contributed by atoms with Crippen LogP contribution in [0, 0.1) is 0 Å². The van der Waals surface area contributed by atoms with Crippen LogP contribution < -0.4 is 19.6 Å². The lowest BCUT2D eigenvalue weighted by Gasteiger charge is -2.17. The van der Waals surface area contributed by atoms with E-state index in [0.717, 1.165) is 6.42 Å². The molecule has 0 aliphatic carbocycles. The van der Waals surface area contributed by atoms with Crippen LogP contribution in [-0.2, 0) is 0 Å². The Morgan fingerprint density at radius 3 is 2.59 bits per heavy atom. The summed E-state index contributed by atoms with van der Waals surface area (Å²) in [5.74, 6) is 1.09. The average Bonchev–Trinajstić information content (AvgIpc) is 2.69. The maximum absolute atomic E-state index is 12.2. The van der Waals surface area contributed by atoms with Crippen molar-refractivity contribution in [2.24, 2.45) is 5.10 Å². The fourth-order valence-electron chi connectivity index (χ4n) is 2.27. The highest BCUT2D eigenvalue weighted by molar-refractivity contribution is 6.32. The summed E-state index contributed by atoms with van der Waals surface area (Å²) in [5.41, 5.74) is 3.52. The molecule has 2 rings (SSSR count). The predicted octanol–water partition coefficient (Wildman–Crippen LogP) is 4.30. The van der Waals surface area contributed by atoms with E-state index < -0.39 is 0 Å². The highest BCUT2D eigenvalue weighted by Gasteiger charge is 2.14. The molecular formula is C20H23ClN2O4. The van der Waals surface area contributed by atoms with Crippen LogP contribution in [0.3, 0.4) is 0 Å². The molecule has 2 aromatic rings. The Bertz CT molecular complexity index is 824. The number of methoxy groups -OCH3 is 2. The molecule has 0 bridgehead atoms. The molecule has 144 valence electrons. The highest BCUT2D eigenvalue weighted by atomic mass is 35.5. The van der Waals surface area contributed by atoms with Gasteiger partial charge in [0.25, 0.3) is 5.91 Å². The number of nitrogens with zero attached hydrogens (tertiary/aromatic N) is 1. The molecule has 0 spiro atoms. The summed E-state index contributed by atoms with van der Waals surface area (Å²) in [5, 5.41) is 4.39. The van der Waals surface area contributed by atoms with Crippen molar-refractivity contribution >= 4 is 23.7 Å². The number of carbonyl (C=O) groups is 1. The first-order valence-corrected chi connectivity index (χ1v) is 8.88. The first kappa shape index (κ1) is 20.6. The van der Waals surface area contributed by atoms with E-state index in [0.29, 0.717) is 33.4 Å². The molecule has 0 fully saturated rings. The number of para-hydroxylation sites is 1.